The van der Waals surface area contributed by atoms with Crippen LogP contribution in [0.15, 0.2) is 73.2 Å². The minimum Gasteiger partial charge on any atom is -0.351 e. The second-order valence-corrected chi connectivity index (χ2v) is 9.16. The van der Waals surface area contributed by atoms with E-state index < -0.39 is 0 Å². The van der Waals surface area contributed by atoms with Gasteiger partial charge in [-0.3, -0.25) is 9.97 Å². The fourth-order valence-corrected chi connectivity index (χ4v) is 4.74. The van der Waals surface area contributed by atoms with E-state index in [2.05, 4.69) is 61.3 Å². The second kappa shape index (κ2) is 9.69. The van der Waals surface area contributed by atoms with Crippen LogP contribution in [0.5, 0.6) is 0 Å². The summed E-state index contributed by atoms with van der Waals surface area (Å²) in [6.45, 7) is 6.94. The van der Waals surface area contributed by atoms with Crippen LogP contribution in [0.25, 0.3) is 22.2 Å². The highest BCUT2D eigenvalue weighted by Gasteiger charge is 2.31. The predicted molar refractivity (Wildman–Crippen MR) is 141 cm³/mol. The van der Waals surface area contributed by atoms with Gasteiger partial charge < -0.3 is 15.1 Å². The van der Waals surface area contributed by atoms with Crippen molar-refractivity contribution in [3.8, 4) is 11.3 Å². The lowest BCUT2D eigenvalue weighted by molar-refractivity contribution is 0.227. The average molecular weight is 470 g/mol. The lowest BCUT2D eigenvalue weighted by atomic mass is 10.00. The molecule has 1 aliphatic heterocycles. The number of rotatable bonds is 4. The van der Waals surface area contributed by atoms with Gasteiger partial charge in [-0.25, -0.2) is 0 Å². The van der Waals surface area contributed by atoms with Crippen molar-refractivity contribution in [2.45, 2.75) is 19.9 Å². The maximum Gasteiger partial charge on any atom is 0.173 e. The van der Waals surface area contributed by atoms with Gasteiger partial charge in [-0.2, -0.15) is 0 Å². The Labute approximate surface area is 204 Å². The van der Waals surface area contributed by atoms with Crippen molar-refractivity contribution < 1.29 is 0 Å². The zero-order valence-electron chi connectivity index (χ0n) is 19.3. The van der Waals surface area contributed by atoms with Gasteiger partial charge in [-0.05, 0) is 66.7 Å². The van der Waals surface area contributed by atoms with Crippen LogP contribution in [-0.4, -0.2) is 55.9 Å². The molecule has 0 saturated carbocycles. The first-order valence-corrected chi connectivity index (χ1v) is 11.9. The zero-order valence-corrected chi connectivity index (χ0v) is 20.1. The van der Waals surface area contributed by atoms with Crippen LogP contribution in [0.2, 0.25) is 0 Å². The number of thiocarbonyl (C=S) groups is 1. The topological polar surface area (TPSA) is 70.1 Å². The lowest BCUT2D eigenvalue weighted by Crippen LogP contribution is -2.58. The first-order valence-electron chi connectivity index (χ1n) is 11.5. The van der Waals surface area contributed by atoms with Gasteiger partial charge in [0.25, 0.3) is 0 Å². The molecule has 7 nitrogen and oxygen atoms in total. The molecule has 1 aromatic carbocycles. The monoisotopic (exact) mass is 469 g/mol. The first kappa shape index (κ1) is 22.2. The molecule has 1 aliphatic rings. The molecule has 34 heavy (non-hydrogen) atoms. The number of anilines is 2. The molecule has 1 fully saturated rings. The fourth-order valence-electron chi connectivity index (χ4n) is 4.40. The third-order valence-electron chi connectivity index (χ3n) is 6.27. The minimum absolute atomic E-state index is 0.252. The number of nitrogens with zero attached hydrogens (tertiary/aromatic N) is 6. The summed E-state index contributed by atoms with van der Waals surface area (Å²) in [5.41, 5.74) is 3.73. The molecule has 1 atom stereocenters. The SMILES string of the molecule is CC(C)C1CN(c2ccc(-c3cccnc3)nn2)CCN1C(=S)Nc1cccc2ncccc12. The maximum absolute atomic E-state index is 5.88. The van der Waals surface area contributed by atoms with Crippen molar-refractivity contribution in [2.75, 3.05) is 29.9 Å². The molecule has 5 rings (SSSR count). The molecule has 0 bridgehead atoms. The van der Waals surface area contributed by atoms with E-state index in [4.69, 9.17) is 12.2 Å². The molecule has 172 valence electrons. The molecule has 1 N–H and O–H groups in total. The summed E-state index contributed by atoms with van der Waals surface area (Å²) < 4.78 is 0. The predicted octanol–water partition coefficient (Wildman–Crippen LogP) is 4.63. The normalized spacial score (nSPS) is 16.1. The number of pyridine rings is 2. The number of hydrogen-bond acceptors (Lipinski definition) is 6. The van der Waals surface area contributed by atoms with Crippen LogP contribution in [0.4, 0.5) is 11.5 Å². The highest BCUT2D eigenvalue weighted by atomic mass is 32.1. The number of hydrogen-bond donors (Lipinski definition) is 1. The van der Waals surface area contributed by atoms with Gasteiger partial charge >= 0.3 is 0 Å². The van der Waals surface area contributed by atoms with Gasteiger partial charge in [-0.15, -0.1) is 10.2 Å². The van der Waals surface area contributed by atoms with Gasteiger partial charge in [0.05, 0.1) is 17.3 Å². The summed E-state index contributed by atoms with van der Waals surface area (Å²) in [4.78, 5) is 13.2. The number of fused-ring (bicyclic) bond motifs is 1. The number of aromatic nitrogens is 4. The van der Waals surface area contributed by atoms with Crippen LogP contribution >= 0.6 is 12.2 Å². The Hall–Kier alpha value is -3.65. The summed E-state index contributed by atoms with van der Waals surface area (Å²) in [7, 11) is 0. The Morgan fingerprint density at radius 1 is 1.00 bits per heavy atom. The molecule has 1 saturated heterocycles. The highest BCUT2D eigenvalue weighted by Crippen LogP contribution is 2.26. The third-order valence-corrected chi connectivity index (χ3v) is 6.60. The Morgan fingerprint density at radius 3 is 2.65 bits per heavy atom. The van der Waals surface area contributed by atoms with Crippen molar-refractivity contribution in [1.29, 1.82) is 0 Å². The van der Waals surface area contributed by atoms with E-state index in [1.54, 1.807) is 12.4 Å². The molecule has 4 heterocycles. The molecule has 3 aromatic heterocycles. The number of benzene rings is 1. The van der Waals surface area contributed by atoms with Crippen molar-refractivity contribution in [2.24, 2.45) is 5.92 Å². The van der Waals surface area contributed by atoms with E-state index in [9.17, 15) is 0 Å². The molecule has 0 amide bonds. The summed E-state index contributed by atoms with van der Waals surface area (Å²) in [6, 6.07) is 18.3. The highest BCUT2D eigenvalue weighted by molar-refractivity contribution is 7.80. The average Bonchev–Trinajstić information content (AvgIpc) is 2.89. The molecule has 8 heteroatoms. The molecule has 1 unspecified atom stereocenters. The molecule has 0 spiro atoms. The third kappa shape index (κ3) is 4.54. The first-order chi connectivity index (χ1) is 16.6. The van der Waals surface area contributed by atoms with Gasteiger partial charge in [0.2, 0.25) is 0 Å². The number of nitrogens with one attached hydrogen (secondary N) is 1. The molecular formula is C26H27N7S. The standard InChI is InChI=1S/C26H27N7S/c1-18(2)24-17-32(25-11-10-21(30-31-25)19-6-4-12-27-16-19)14-15-33(24)26(34)29-23-9-3-8-22-20(23)7-5-13-28-22/h3-13,16,18,24H,14-15,17H2,1-2H3,(H,29,34). The van der Waals surface area contributed by atoms with E-state index in [-0.39, 0.29) is 6.04 Å². The van der Waals surface area contributed by atoms with Gasteiger partial charge in [-0.1, -0.05) is 19.9 Å². The summed E-state index contributed by atoms with van der Waals surface area (Å²) in [6.07, 6.45) is 5.37. The number of piperazine rings is 1. The zero-order chi connectivity index (χ0) is 23.5. The quantitative estimate of drug-likeness (QED) is 0.434. The van der Waals surface area contributed by atoms with E-state index in [1.165, 1.54) is 0 Å². The van der Waals surface area contributed by atoms with Gasteiger partial charge in [0, 0.05) is 54.9 Å². The smallest absolute Gasteiger partial charge is 0.173 e. The maximum atomic E-state index is 5.88. The van der Waals surface area contributed by atoms with Crippen LogP contribution in [0, 0.1) is 5.92 Å². The lowest BCUT2D eigenvalue weighted by Gasteiger charge is -2.45. The largest absolute Gasteiger partial charge is 0.351 e. The van der Waals surface area contributed by atoms with Gasteiger partial charge in [0.1, 0.15) is 0 Å². The van der Waals surface area contributed by atoms with E-state index in [0.717, 1.165) is 58.4 Å². The van der Waals surface area contributed by atoms with E-state index in [0.29, 0.717) is 5.92 Å². The Balaban J connectivity index is 1.31. The van der Waals surface area contributed by atoms with Crippen LogP contribution in [0.3, 0.4) is 0 Å². The summed E-state index contributed by atoms with van der Waals surface area (Å²) in [5, 5.41) is 14.3. The van der Waals surface area contributed by atoms with Crippen LogP contribution in [-0.2, 0) is 0 Å². The van der Waals surface area contributed by atoms with Crippen molar-refractivity contribution >= 4 is 39.7 Å². The molecular weight excluding hydrogens is 442 g/mol. The van der Waals surface area contributed by atoms with Crippen molar-refractivity contribution in [1.82, 2.24) is 25.1 Å². The van der Waals surface area contributed by atoms with Crippen LogP contribution in [0.1, 0.15) is 13.8 Å². The van der Waals surface area contributed by atoms with Gasteiger partial charge in [0.15, 0.2) is 10.9 Å². The second-order valence-electron chi connectivity index (χ2n) is 8.78. The van der Waals surface area contributed by atoms with Crippen molar-refractivity contribution in [3.05, 3.63) is 73.2 Å². The Kier molecular flexibility index (Phi) is 6.31. The molecule has 4 aromatic rings. The Morgan fingerprint density at radius 2 is 1.88 bits per heavy atom. The van der Waals surface area contributed by atoms with Crippen LogP contribution < -0.4 is 10.2 Å². The fraction of sp³-hybridized carbons (Fsp3) is 0.269. The Bertz CT molecular complexity index is 1270. The molecule has 0 aliphatic carbocycles. The molecule has 0 radical (unpaired) electrons. The summed E-state index contributed by atoms with van der Waals surface area (Å²) >= 11 is 5.88. The summed E-state index contributed by atoms with van der Waals surface area (Å²) in [5.74, 6) is 1.30. The minimum atomic E-state index is 0.252. The van der Waals surface area contributed by atoms with E-state index in [1.807, 2.05) is 48.7 Å². The van der Waals surface area contributed by atoms with Crippen molar-refractivity contribution in [3.63, 3.8) is 0 Å². The van der Waals surface area contributed by atoms with E-state index >= 15 is 0 Å².